The fourth-order valence-electron chi connectivity index (χ4n) is 2.23. The topological polar surface area (TPSA) is 43.3 Å². The highest BCUT2D eigenvalue weighted by molar-refractivity contribution is 5.91. The van der Waals surface area contributed by atoms with Gasteiger partial charge in [0.05, 0.1) is 0 Å². The van der Waals surface area contributed by atoms with Crippen LogP contribution in [-0.2, 0) is 0 Å². The number of hydrogen-bond acceptors (Lipinski definition) is 3. The molecule has 0 atom stereocenters. The molecule has 4 heteroatoms. The number of carbonyl (C=O) groups excluding carboxylic acids is 1. The van der Waals surface area contributed by atoms with Crippen LogP contribution in [0.3, 0.4) is 0 Å². The lowest BCUT2D eigenvalue weighted by atomic mass is 9.92. The molecule has 4 nitrogen and oxygen atoms in total. The van der Waals surface area contributed by atoms with Gasteiger partial charge in [0.2, 0.25) is 5.88 Å². The Labute approximate surface area is 81.9 Å². The molecule has 0 amide bonds. The van der Waals surface area contributed by atoms with E-state index >= 15 is 0 Å². The number of ether oxygens (including phenoxy) is 1. The molecule has 2 aliphatic heterocycles. The van der Waals surface area contributed by atoms with Gasteiger partial charge in [-0.25, -0.2) is 0 Å². The van der Waals surface area contributed by atoms with Crippen molar-refractivity contribution in [3.8, 4) is 5.88 Å². The quantitative estimate of drug-likeness (QED) is 0.656. The summed E-state index contributed by atoms with van der Waals surface area (Å²) >= 11 is 0. The van der Waals surface area contributed by atoms with Crippen molar-refractivity contribution in [3.05, 3.63) is 18.3 Å². The Hall–Kier alpha value is -1.29. The second-order valence-corrected chi connectivity index (χ2v) is 3.87. The normalized spacial score (nSPS) is 23.6. The van der Waals surface area contributed by atoms with Crippen LogP contribution in [0.2, 0.25) is 0 Å². The number of nitrogens with one attached hydrogen (secondary N) is 1. The Kier molecular flexibility index (Phi) is 1.50. The van der Waals surface area contributed by atoms with Gasteiger partial charge in [-0.1, -0.05) is 0 Å². The van der Waals surface area contributed by atoms with E-state index in [9.17, 15) is 4.79 Å². The van der Waals surface area contributed by atoms with Gasteiger partial charge in [0.1, 0.15) is 0 Å². The molecule has 1 N–H and O–H groups in total. The summed E-state index contributed by atoms with van der Waals surface area (Å²) < 4.78 is 7.38. The van der Waals surface area contributed by atoms with Crippen molar-refractivity contribution in [2.45, 2.75) is 18.4 Å². The third kappa shape index (κ3) is 0.889. The van der Waals surface area contributed by atoms with Crippen molar-refractivity contribution in [1.29, 1.82) is 0 Å². The van der Waals surface area contributed by atoms with Crippen LogP contribution in [0.1, 0.15) is 17.6 Å². The van der Waals surface area contributed by atoms with Crippen molar-refractivity contribution in [1.82, 2.24) is 9.88 Å². The minimum absolute atomic E-state index is 0.0963. The van der Waals surface area contributed by atoms with Gasteiger partial charge in [0.15, 0.2) is 5.60 Å². The highest BCUT2D eigenvalue weighted by Gasteiger charge is 2.48. The fourth-order valence-corrected chi connectivity index (χ4v) is 2.23. The first kappa shape index (κ1) is 8.05. The molecule has 0 radical (unpaired) electrons. The highest BCUT2D eigenvalue weighted by Crippen LogP contribution is 2.35. The van der Waals surface area contributed by atoms with E-state index in [1.807, 2.05) is 12.1 Å². The molecule has 1 aromatic rings. The summed E-state index contributed by atoms with van der Waals surface area (Å²) in [6, 6.07) is 3.68. The number of fused-ring (bicyclic) bond motifs is 1. The number of piperidine rings is 1. The summed E-state index contributed by atoms with van der Waals surface area (Å²) in [5, 5.41) is 3.23. The summed E-state index contributed by atoms with van der Waals surface area (Å²) in [6.45, 7) is 1.72. The molecule has 0 aromatic carbocycles. The lowest BCUT2D eigenvalue weighted by Crippen LogP contribution is -2.49. The average molecular weight is 192 g/mol. The summed E-state index contributed by atoms with van der Waals surface area (Å²) in [4.78, 5) is 12.0. The van der Waals surface area contributed by atoms with E-state index in [1.54, 1.807) is 10.8 Å². The molecule has 1 fully saturated rings. The maximum atomic E-state index is 12.0. The first-order valence-electron chi connectivity index (χ1n) is 4.94. The number of carbonyl (C=O) groups is 1. The smallest absolute Gasteiger partial charge is 0.277 e. The molecule has 14 heavy (non-hydrogen) atoms. The molecule has 1 spiro atoms. The van der Waals surface area contributed by atoms with Gasteiger partial charge in [-0.05, 0) is 19.2 Å². The molecule has 0 bridgehead atoms. The maximum absolute atomic E-state index is 12.0. The molecular weight excluding hydrogens is 180 g/mol. The summed E-state index contributed by atoms with van der Waals surface area (Å²) in [5.74, 6) is 0.788. The minimum Gasteiger partial charge on any atom is -0.462 e. The molecule has 3 rings (SSSR count). The van der Waals surface area contributed by atoms with E-state index in [-0.39, 0.29) is 5.91 Å². The van der Waals surface area contributed by atoms with Gasteiger partial charge in [-0.2, -0.15) is 0 Å². The molecule has 0 unspecified atom stereocenters. The second kappa shape index (κ2) is 2.60. The molecule has 74 valence electrons. The standard InChI is InChI=1S/C10H12N2O2/c13-9-10(3-5-11-6-4-10)14-8-2-1-7-12(8)9/h1-2,7,11H,3-6H2. The third-order valence-electron chi connectivity index (χ3n) is 3.03. The summed E-state index contributed by atoms with van der Waals surface area (Å²) in [6.07, 6.45) is 3.31. The van der Waals surface area contributed by atoms with Crippen molar-refractivity contribution >= 4 is 5.91 Å². The zero-order valence-corrected chi connectivity index (χ0v) is 7.82. The maximum Gasteiger partial charge on any atom is 0.277 e. The van der Waals surface area contributed by atoms with Gasteiger partial charge in [-0.3, -0.25) is 9.36 Å². The molecule has 1 aromatic heterocycles. The van der Waals surface area contributed by atoms with Crippen LogP contribution in [0.25, 0.3) is 0 Å². The van der Waals surface area contributed by atoms with Crippen LogP contribution in [0, 0.1) is 0 Å². The lowest BCUT2D eigenvalue weighted by molar-refractivity contribution is 0.0402. The zero-order valence-electron chi connectivity index (χ0n) is 7.82. The van der Waals surface area contributed by atoms with Gasteiger partial charge < -0.3 is 10.1 Å². The van der Waals surface area contributed by atoms with Crippen LogP contribution >= 0.6 is 0 Å². The second-order valence-electron chi connectivity index (χ2n) is 3.87. The van der Waals surface area contributed by atoms with Crippen molar-refractivity contribution in [3.63, 3.8) is 0 Å². The number of rotatable bonds is 0. The van der Waals surface area contributed by atoms with Gasteiger partial charge in [0, 0.05) is 25.1 Å². The van der Waals surface area contributed by atoms with Crippen molar-refractivity contribution in [2.24, 2.45) is 0 Å². The van der Waals surface area contributed by atoms with E-state index < -0.39 is 5.60 Å². The Morgan fingerprint density at radius 3 is 2.93 bits per heavy atom. The largest absolute Gasteiger partial charge is 0.462 e. The van der Waals surface area contributed by atoms with Crippen molar-refractivity contribution in [2.75, 3.05) is 13.1 Å². The predicted octanol–water partition coefficient (Wildman–Crippen LogP) is 0.643. The van der Waals surface area contributed by atoms with Gasteiger partial charge in [0.25, 0.3) is 5.91 Å². The predicted molar refractivity (Wildman–Crippen MR) is 50.5 cm³/mol. The molecule has 1 saturated heterocycles. The molecular formula is C10H12N2O2. The average Bonchev–Trinajstić information content (AvgIpc) is 2.73. The number of nitrogens with zero attached hydrogens (tertiary/aromatic N) is 1. The van der Waals surface area contributed by atoms with E-state index in [0.29, 0.717) is 5.88 Å². The minimum atomic E-state index is -0.568. The van der Waals surface area contributed by atoms with Crippen LogP contribution in [0.5, 0.6) is 5.88 Å². The van der Waals surface area contributed by atoms with Crippen LogP contribution in [-0.4, -0.2) is 29.2 Å². The molecule has 2 aliphatic rings. The Balaban J connectivity index is 1.99. The first-order chi connectivity index (χ1) is 6.82. The van der Waals surface area contributed by atoms with E-state index in [2.05, 4.69) is 5.32 Å². The summed E-state index contributed by atoms with van der Waals surface area (Å²) in [7, 11) is 0. The Morgan fingerprint density at radius 2 is 2.21 bits per heavy atom. The van der Waals surface area contributed by atoms with Crippen molar-refractivity contribution < 1.29 is 9.53 Å². The number of aromatic nitrogens is 1. The van der Waals surface area contributed by atoms with Crippen LogP contribution < -0.4 is 10.1 Å². The van der Waals surface area contributed by atoms with Crippen LogP contribution in [0.15, 0.2) is 18.3 Å². The van der Waals surface area contributed by atoms with Gasteiger partial charge >= 0.3 is 0 Å². The van der Waals surface area contributed by atoms with E-state index in [0.717, 1.165) is 25.9 Å². The summed E-state index contributed by atoms with van der Waals surface area (Å²) in [5.41, 5.74) is -0.568. The van der Waals surface area contributed by atoms with E-state index in [4.69, 9.17) is 4.74 Å². The first-order valence-corrected chi connectivity index (χ1v) is 4.94. The monoisotopic (exact) mass is 192 g/mol. The zero-order chi connectivity index (χ0) is 9.60. The molecule has 0 aliphatic carbocycles. The lowest BCUT2D eigenvalue weighted by Gasteiger charge is -2.30. The Morgan fingerprint density at radius 1 is 1.43 bits per heavy atom. The molecule has 3 heterocycles. The fraction of sp³-hybridized carbons (Fsp3) is 0.500. The Bertz CT molecular complexity index is 377. The SMILES string of the molecule is O=C1n2cccc2OC12CCNCC2. The molecule has 0 saturated carbocycles. The van der Waals surface area contributed by atoms with Crippen LogP contribution in [0.4, 0.5) is 0 Å². The van der Waals surface area contributed by atoms with Gasteiger partial charge in [-0.15, -0.1) is 0 Å². The number of hydrogen-bond donors (Lipinski definition) is 1. The third-order valence-corrected chi connectivity index (χ3v) is 3.03. The van der Waals surface area contributed by atoms with E-state index in [1.165, 1.54) is 0 Å². The highest BCUT2D eigenvalue weighted by atomic mass is 16.5.